The van der Waals surface area contributed by atoms with E-state index in [1.807, 2.05) is 0 Å². The molecule has 1 heterocycles. The number of nitrogens with zero attached hydrogens (tertiary/aromatic N) is 1. The van der Waals surface area contributed by atoms with E-state index in [4.69, 9.17) is 0 Å². The van der Waals surface area contributed by atoms with Gasteiger partial charge in [-0.3, -0.25) is 4.90 Å². The lowest BCUT2D eigenvalue weighted by Gasteiger charge is -2.40. The van der Waals surface area contributed by atoms with Gasteiger partial charge in [0.15, 0.2) is 0 Å². The minimum atomic E-state index is 0.584. The number of piperidine rings is 1. The summed E-state index contributed by atoms with van der Waals surface area (Å²) in [7, 11) is 0. The Morgan fingerprint density at radius 3 is 2.63 bits per heavy atom. The molecule has 0 aliphatic carbocycles. The van der Waals surface area contributed by atoms with Crippen molar-refractivity contribution >= 4 is 0 Å². The van der Waals surface area contributed by atoms with Gasteiger partial charge in [0, 0.05) is 18.6 Å². The third kappa shape index (κ3) is 3.80. The molecule has 19 heavy (non-hydrogen) atoms. The molecule has 1 fully saturated rings. The molecular weight excluding hydrogens is 232 g/mol. The van der Waals surface area contributed by atoms with Gasteiger partial charge in [0.2, 0.25) is 0 Å². The predicted molar refractivity (Wildman–Crippen MR) is 82.4 cm³/mol. The Kier molecular flexibility index (Phi) is 5.87. The van der Waals surface area contributed by atoms with Gasteiger partial charge in [0.25, 0.3) is 0 Å². The molecule has 2 unspecified atom stereocenters. The van der Waals surface area contributed by atoms with E-state index in [0.717, 1.165) is 13.1 Å². The molecule has 1 aliphatic rings. The summed E-state index contributed by atoms with van der Waals surface area (Å²) < 4.78 is 0. The second-order valence-electron chi connectivity index (χ2n) is 5.55. The van der Waals surface area contributed by atoms with Crippen LogP contribution in [0.2, 0.25) is 0 Å². The highest BCUT2D eigenvalue weighted by atomic mass is 15.2. The van der Waals surface area contributed by atoms with Crippen molar-refractivity contribution in [2.24, 2.45) is 0 Å². The maximum Gasteiger partial charge on any atom is 0.0351 e. The number of likely N-dealkylation sites (N-methyl/N-ethyl adjacent to an activating group) is 1. The average Bonchev–Trinajstić information content (AvgIpc) is 2.49. The first-order valence-corrected chi connectivity index (χ1v) is 7.88. The maximum absolute atomic E-state index is 3.56. The summed E-state index contributed by atoms with van der Waals surface area (Å²) >= 11 is 0. The zero-order chi connectivity index (χ0) is 13.5. The van der Waals surface area contributed by atoms with Crippen molar-refractivity contribution in [3.63, 3.8) is 0 Å². The summed E-state index contributed by atoms with van der Waals surface area (Å²) in [6, 6.07) is 12.3. The highest BCUT2D eigenvalue weighted by Gasteiger charge is 2.26. The Bertz CT molecular complexity index is 344. The van der Waals surface area contributed by atoms with Gasteiger partial charge in [-0.25, -0.2) is 0 Å². The van der Waals surface area contributed by atoms with Gasteiger partial charge in [-0.1, -0.05) is 50.6 Å². The summed E-state index contributed by atoms with van der Waals surface area (Å²) in [5, 5.41) is 3.56. The quantitative estimate of drug-likeness (QED) is 0.840. The van der Waals surface area contributed by atoms with Crippen LogP contribution in [0.1, 0.15) is 51.1 Å². The molecule has 1 aliphatic heterocycles. The first-order valence-electron chi connectivity index (χ1n) is 7.88. The number of benzene rings is 1. The number of hydrogen-bond acceptors (Lipinski definition) is 2. The second-order valence-corrected chi connectivity index (χ2v) is 5.55. The van der Waals surface area contributed by atoms with Crippen molar-refractivity contribution < 1.29 is 0 Å². The molecule has 1 aromatic carbocycles. The van der Waals surface area contributed by atoms with Crippen LogP contribution in [-0.2, 0) is 0 Å². The molecule has 0 radical (unpaired) electrons. The van der Waals surface area contributed by atoms with Crippen LogP contribution in [0.3, 0.4) is 0 Å². The molecule has 1 aromatic rings. The molecule has 0 spiro atoms. The lowest BCUT2D eigenvalue weighted by Crippen LogP contribution is -2.47. The Balaban J connectivity index is 2.15. The molecular formula is C17H28N2. The lowest BCUT2D eigenvalue weighted by molar-refractivity contribution is 0.112. The molecule has 1 saturated heterocycles. The van der Waals surface area contributed by atoms with Crippen LogP contribution in [0.4, 0.5) is 0 Å². The van der Waals surface area contributed by atoms with E-state index in [1.54, 1.807) is 0 Å². The fourth-order valence-electron chi connectivity index (χ4n) is 3.32. The third-order valence-electron chi connectivity index (χ3n) is 4.25. The van der Waals surface area contributed by atoms with Crippen LogP contribution in [0.25, 0.3) is 0 Å². The standard InChI is InChI=1S/C17H28N2/c1-3-9-17(15-10-6-5-7-11-15)19(4-2)16-12-8-13-18-14-16/h5-7,10-11,16-18H,3-4,8-9,12-14H2,1-2H3. The van der Waals surface area contributed by atoms with E-state index in [1.165, 1.54) is 37.8 Å². The average molecular weight is 260 g/mol. The molecule has 0 saturated carbocycles. The van der Waals surface area contributed by atoms with Gasteiger partial charge in [0.05, 0.1) is 0 Å². The summed E-state index contributed by atoms with van der Waals surface area (Å²) in [6.45, 7) is 8.09. The van der Waals surface area contributed by atoms with Crippen molar-refractivity contribution in [3.8, 4) is 0 Å². The Morgan fingerprint density at radius 1 is 1.26 bits per heavy atom. The van der Waals surface area contributed by atoms with Crippen LogP contribution in [0.5, 0.6) is 0 Å². The molecule has 0 bridgehead atoms. The molecule has 0 aromatic heterocycles. The normalized spacial score (nSPS) is 21.5. The highest BCUT2D eigenvalue weighted by molar-refractivity contribution is 5.19. The summed E-state index contributed by atoms with van der Waals surface area (Å²) in [5.41, 5.74) is 1.48. The van der Waals surface area contributed by atoms with E-state index in [0.29, 0.717) is 12.1 Å². The van der Waals surface area contributed by atoms with Crippen LogP contribution in [0.15, 0.2) is 30.3 Å². The van der Waals surface area contributed by atoms with Crippen LogP contribution >= 0.6 is 0 Å². The van der Waals surface area contributed by atoms with E-state index < -0.39 is 0 Å². The fourth-order valence-corrected chi connectivity index (χ4v) is 3.32. The van der Waals surface area contributed by atoms with Crippen molar-refractivity contribution in [1.29, 1.82) is 0 Å². The topological polar surface area (TPSA) is 15.3 Å². The Morgan fingerprint density at radius 2 is 2.05 bits per heavy atom. The van der Waals surface area contributed by atoms with E-state index >= 15 is 0 Å². The molecule has 2 heteroatoms. The lowest BCUT2D eigenvalue weighted by atomic mass is 9.96. The third-order valence-corrected chi connectivity index (χ3v) is 4.25. The molecule has 2 atom stereocenters. The van der Waals surface area contributed by atoms with Gasteiger partial charge < -0.3 is 5.32 Å². The van der Waals surface area contributed by atoms with E-state index in [9.17, 15) is 0 Å². The number of hydrogen-bond donors (Lipinski definition) is 1. The second kappa shape index (κ2) is 7.66. The maximum atomic E-state index is 3.56. The Hall–Kier alpha value is -0.860. The number of rotatable bonds is 6. The van der Waals surface area contributed by atoms with Gasteiger partial charge in [-0.15, -0.1) is 0 Å². The molecule has 0 amide bonds. The zero-order valence-corrected chi connectivity index (χ0v) is 12.4. The minimum Gasteiger partial charge on any atom is -0.315 e. The molecule has 1 N–H and O–H groups in total. The van der Waals surface area contributed by atoms with Gasteiger partial charge in [0.1, 0.15) is 0 Å². The van der Waals surface area contributed by atoms with Crippen LogP contribution in [-0.4, -0.2) is 30.6 Å². The van der Waals surface area contributed by atoms with Gasteiger partial charge in [-0.2, -0.15) is 0 Å². The van der Waals surface area contributed by atoms with E-state index in [-0.39, 0.29) is 0 Å². The van der Waals surface area contributed by atoms with Gasteiger partial charge in [-0.05, 0) is 37.9 Å². The first-order chi connectivity index (χ1) is 9.36. The monoisotopic (exact) mass is 260 g/mol. The predicted octanol–water partition coefficient (Wildman–Crippen LogP) is 3.60. The van der Waals surface area contributed by atoms with Crippen molar-refractivity contribution in [2.75, 3.05) is 19.6 Å². The largest absolute Gasteiger partial charge is 0.315 e. The summed E-state index contributed by atoms with van der Waals surface area (Å²) in [5.74, 6) is 0. The Labute approximate surface area is 118 Å². The first kappa shape index (κ1) is 14.5. The fraction of sp³-hybridized carbons (Fsp3) is 0.647. The van der Waals surface area contributed by atoms with Crippen molar-refractivity contribution in [2.45, 2.75) is 51.6 Å². The van der Waals surface area contributed by atoms with E-state index in [2.05, 4.69) is 54.4 Å². The van der Waals surface area contributed by atoms with Crippen LogP contribution < -0.4 is 5.32 Å². The van der Waals surface area contributed by atoms with Gasteiger partial charge >= 0.3 is 0 Å². The molecule has 2 nitrogen and oxygen atoms in total. The summed E-state index contributed by atoms with van der Waals surface area (Å²) in [6.07, 6.45) is 5.16. The highest BCUT2D eigenvalue weighted by Crippen LogP contribution is 2.29. The molecule has 106 valence electrons. The number of nitrogens with one attached hydrogen (secondary N) is 1. The smallest absolute Gasteiger partial charge is 0.0351 e. The van der Waals surface area contributed by atoms with Crippen LogP contribution in [0, 0.1) is 0 Å². The van der Waals surface area contributed by atoms with Crippen molar-refractivity contribution in [1.82, 2.24) is 10.2 Å². The zero-order valence-electron chi connectivity index (χ0n) is 12.4. The summed E-state index contributed by atoms with van der Waals surface area (Å²) in [4.78, 5) is 2.71. The van der Waals surface area contributed by atoms with Crippen molar-refractivity contribution in [3.05, 3.63) is 35.9 Å². The minimum absolute atomic E-state index is 0.584. The SMILES string of the molecule is CCCC(c1ccccc1)N(CC)C1CCCNC1. The molecule has 2 rings (SSSR count).